The van der Waals surface area contributed by atoms with Gasteiger partial charge in [-0.2, -0.15) is 5.26 Å². The van der Waals surface area contributed by atoms with Crippen LogP contribution in [0, 0.1) is 11.3 Å². The molecule has 0 aliphatic carbocycles. The molecule has 1 aromatic carbocycles. The molecule has 18 heavy (non-hydrogen) atoms. The molecule has 0 bridgehead atoms. The highest BCUT2D eigenvalue weighted by atomic mass is 19.4. The highest BCUT2D eigenvalue weighted by Crippen LogP contribution is 2.24. The molecule has 1 rings (SSSR count). The number of nitrogens with zero attached hydrogens (tertiary/aromatic N) is 1. The van der Waals surface area contributed by atoms with Crippen molar-refractivity contribution in [2.75, 3.05) is 0 Å². The van der Waals surface area contributed by atoms with Crippen LogP contribution < -0.4 is 10.1 Å². The van der Waals surface area contributed by atoms with E-state index in [1.807, 2.05) is 19.9 Å². The molecular formula is C12H13F3N2O. The number of hydrogen-bond acceptors (Lipinski definition) is 3. The number of rotatable bonds is 4. The van der Waals surface area contributed by atoms with Crippen LogP contribution >= 0.6 is 0 Å². The average Bonchev–Trinajstić information content (AvgIpc) is 2.24. The molecule has 3 nitrogen and oxygen atoms in total. The predicted molar refractivity (Wildman–Crippen MR) is 59.8 cm³/mol. The number of nitrogens with one attached hydrogen (secondary N) is 1. The third-order valence-electron chi connectivity index (χ3n) is 2.08. The minimum absolute atomic E-state index is 0.0979. The van der Waals surface area contributed by atoms with E-state index in [1.54, 1.807) is 0 Å². The molecule has 1 N–H and O–H groups in total. The van der Waals surface area contributed by atoms with Gasteiger partial charge in [-0.1, -0.05) is 12.1 Å². The number of alkyl halides is 3. The maximum absolute atomic E-state index is 12.0. The van der Waals surface area contributed by atoms with Gasteiger partial charge in [0.15, 0.2) is 0 Å². The van der Waals surface area contributed by atoms with E-state index in [1.165, 1.54) is 24.3 Å². The molecule has 0 saturated heterocycles. The van der Waals surface area contributed by atoms with Crippen LogP contribution in [0.3, 0.4) is 0 Å². The minimum Gasteiger partial charge on any atom is -0.406 e. The van der Waals surface area contributed by atoms with E-state index in [2.05, 4.69) is 10.1 Å². The Morgan fingerprint density at radius 2 is 1.78 bits per heavy atom. The molecule has 1 unspecified atom stereocenters. The van der Waals surface area contributed by atoms with Gasteiger partial charge in [-0.15, -0.1) is 13.2 Å². The topological polar surface area (TPSA) is 45.0 Å². The van der Waals surface area contributed by atoms with Gasteiger partial charge in [-0.05, 0) is 31.5 Å². The fourth-order valence-electron chi connectivity index (χ4n) is 1.40. The van der Waals surface area contributed by atoms with Crippen molar-refractivity contribution in [2.45, 2.75) is 32.3 Å². The number of benzene rings is 1. The van der Waals surface area contributed by atoms with Gasteiger partial charge in [0.05, 0.1) is 6.07 Å². The quantitative estimate of drug-likeness (QED) is 0.902. The first-order valence-corrected chi connectivity index (χ1v) is 5.33. The predicted octanol–water partition coefficient (Wildman–Crippen LogP) is 3.15. The molecule has 0 amide bonds. The van der Waals surface area contributed by atoms with Crippen molar-refractivity contribution in [2.24, 2.45) is 0 Å². The van der Waals surface area contributed by atoms with E-state index in [0.717, 1.165) is 0 Å². The highest BCUT2D eigenvalue weighted by Gasteiger charge is 2.31. The number of ether oxygens (including phenoxy) is 1. The summed E-state index contributed by atoms with van der Waals surface area (Å²) in [5, 5.41) is 11.9. The lowest BCUT2D eigenvalue weighted by Gasteiger charge is -2.15. The average molecular weight is 258 g/mol. The van der Waals surface area contributed by atoms with E-state index in [4.69, 9.17) is 5.26 Å². The van der Waals surface area contributed by atoms with Crippen LogP contribution in [0.2, 0.25) is 0 Å². The SMILES string of the molecule is CC(C)NC(C#N)c1ccc(OC(F)(F)F)cc1. The monoisotopic (exact) mass is 258 g/mol. The Bertz CT molecular complexity index is 420. The minimum atomic E-state index is -4.70. The summed E-state index contributed by atoms with van der Waals surface area (Å²) in [6, 6.07) is 6.84. The van der Waals surface area contributed by atoms with Gasteiger partial charge in [-0.25, -0.2) is 0 Å². The third kappa shape index (κ3) is 4.63. The lowest BCUT2D eigenvalue weighted by molar-refractivity contribution is -0.274. The molecule has 6 heteroatoms. The van der Waals surface area contributed by atoms with Gasteiger partial charge in [0.2, 0.25) is 0 Å². The summed E-state index contributed by atoms with van der Waals surface area (Å²) in [6.45, 7) is 3.76. The van der Waals surface area contributed by atoms with E-state index >= 15 is 0 Å². The Morgan fingerprint density at radius 1 is 1.22 bits per heavy atom. The van der Waals surface area contributed by atoms with Gasteiger partial charge in [-0.3, -0.25) is 5.32 Å². The van der Waals surface area contributed by atoms with Crippen LogP contribution in [-0.2, 0) is 0 Å². The zero-order valence-corrected chi connectivity index (χ0v) is 9.95. The van der Waals surface area contributed by atoms with Crippen molar-refractivity contribution in [3.8, 4) is 11.8 Å². The molecular weight excluding hydrogens is 245 g/mol. The lowest BCUT2D eigenvalue weighted by atomic mass is 10.1. The summed E-state index contributed by atoms with van der Waals surface area (Å²) < 4.78 is 39.6. The second kappa shape index (κ2) is 5.74. The number of halogens is 3. The Balaban J connectivity index is 2.79. The van der Waals surface area contributed by atoms with E-state index in [-0.39, 0.29) is 11.8 Å². The second-order valence-corrected chi connectivity index (χ2v) is 4.00. The van der Waals surface area contributed by atoms with Crippen LogP contribution in [-0.4, -0.2) is 12.4 Å². The molecule has 1 aromatic rings. The summed E-state index contributed by atoms with van der Waals surface area (Å²) >= 11 is 0. The lowest BCUT2D eigenvalue weighted by Crippen LogP contribution is -2.27. The van der Waals surface area contributed by atoms with Gasteiger partial charge >= 0.3 is 6.36 Å². The molecule has 0 aliphatic rings. The van der Waals surface area contributed by atoms with Crippen molar-refractivity contribution in [1.29, 1.82) is 5.26 Å². The van der Waals surface area contributed by atoms with Gasteiger partial charge in [0.1, 0.15) is 11.8 Å². The standard InChI is InChI=1S/C12H13F3N2O/c1-8(2)17-11(7-16)9-3-5-10(6-4-9)18-12(13,14)15/h3-6,8,11,17H,1-2H3. The molecule has 0 fully saturated rings. The summed E-state index contributed by atoms with van der Waals surface area (Å²) in [5.74, 6) is -0.299. The first kappa shape index (κ1) is 14.3. The molecule has 0 aromatic heterocycles. The Kier molecular flexibility index (Phi) is 4.56. The van der Waals surface area contributed by atoms with Gasteiger partial charge in [0.25, 0.3) is 0 Å². The molecule has 0 radical (unpaired) electrons. The van der Waals surface area contributed by atoms with Crippen molar-refractivity contribution in [3.63, 3.8) is 0 Å². The first-order valence-electron chi connectivity index (χ1n) is 5.33. The highest BCUT2D eigenvalue weighted by molar-refractivity contribution is 5.31. The fourth-order valence-corrected chi connectivity index (χ4v) is 1.40. The van der Waals surface area contributed by atoms with Crippen molar-refractivity contribution in [3.05, 3.63) is 29.8 Å². The fraction of sp³-hybridized carbons (Fsp3) is 0.417. The van der Waals surface area contributed by atoms with E-state index < -0.39 is 12.4 Å². The Hall–Kier alpha value is -1.74. The van der Waals surface area contributed by atoms with E-state index in [9.17, 15) is 13.2 Å². The maximum atomic E-state index is 12.0. The molecule has 0 heterocycles. The zero-order valence-electron chi connectivity index (χ0n) is 9.95. The number of hydrogen-bond donors (Lipinski definition) is 1. The molecule has 0 saturated carbocycles. The van der Waals surface area contributed by atoms with Crippen molar-refractivity contribution < 1.29 is 17.9 Å². The van der Waals surface area contributed by atoms with Gasteiger partial charge in [0, 0.05) is 6.04 Å². The van der Waals surface area contributed by atoms with Crippen molar-refractivity contribution >= 4 is 0 Å². The molecule has 0 aliphatic heterocycles. The van der Waals surface area contributed by atoms with Crippen LogP contribution in [0.15, 0.2) is 24.3 Å². The summed E-state index contributed by atoms with van der Waals surface area (Å²) in [7, 11) is 0. The Morgan fingerprint density at radius 3 is 2.17 bits per heavy atom. The molecule has 0 spiro atoms. The first-order chi connectivity index (χ1) is 8.31. The normalized spacial score (nSPS) is 13.2. The second-order valence-electron chi connectivity index (χ2n) is 4.00. The van der Waals surface area contributed by atoms with Crippen LogP contribution in [0.1, 0.15) is 25.5 Å². The van der Waals surface area contributed by atoms with E-state index in [0.29, 0.717) is 5.56 Å². The molecule has 1 atom stereocenters. The van der Waals surface area contributed by atoms with Crippen LogP contribution in [0.4, 0.5) is 13.2 Å². The summed E-state index contributed by atoms with van der Waals surface area (Å²) in [5.41, 5.74) is 0.598. The van der Waals surface area contributed by atoms with Crippen LogP contribution in [0.25, 0.3) is 0 Å². The zero-order chi connectivity index (χ0) is 13.8. The Labute approximate surface area is 103 Å². The van der Waals surface area contributed by atoms with Crippen molar-refractivity contribution in [1.82, 2.24) is 5.32 Å². The van der Waals surface area contributed by atoms with Gasteiger partial charge < -0.3 is 4.74 Å². The summed E-state index contributed by atoms with van der Waals surface area (Å²) in [6.07, 6.45) is -4.70. The smallest absolute Gasteiger partial charge is 0.406 e. The summed E-state index contributed by atoms with van der Waals surface area (Å²) in [4.78, 5) is 0. The number of nitriles is 1. The maximum Gasteiger partial charge on any atom is 0.573 e. The van der Waals surface area contributed by atoms with Crippen LogP contribution in [0.5, 0.6) is 5.75 Å². The largest absolute Gasteiger partial charge is 0.573 e. The third-order valence-corrected chi connectivity index (χ3v) is 2.08. The molecule has 98 valence electrons.